The van der Waals surface area contributed by atoms with Gasteiger partial charge in [-0.2, -0.15) is 0 Å². The Balaban J connectivity index is 1.83. The summed E-state index contributed by atoms with van der Waals surface area (Å²) in [7, 11) is 0. The zero-order chi connectivity index (χ0) is 15.5. The van der Waals surface area contributed by atoms with E-state index in [9.17, 15) is 14.7 Å². The van der Waals surface area contributed by atoms with Crippen LogP contribution in [0.4, 0.5) is 0 Å². The summed E-state index contributed by atoms with van der Waals surface area (Å²) in [5, 5.41) is 13.4. The van der Waals surface area contributed by atoms with Gasteiger partial charge in [0.25, 0.3) is 0 Å². The highest BCUT2D eigenvalue weighted by molar-refractivity contribution is 5.89. The number of nitrogens with zero attached hydrogens (tertiary/aromatic N) is 1. The third-order valence-electron chi connectivity index (χ3n) is 4.78. The zero-order valence-electron chi connectivity index (χ0n) is 13.2. The molecule has 2 aliphatic rings. The van der Waals surface area contributed by atoms with Gasteiger partial charge in [-0.3, -0.25) is 9.59 Å². The van der Waals surface area contributed by atoms with Crippen molar-refractivity contribution < 1.29 is 14.7 Å². The first-order chi connectivity index (χ1) is 9.91. The van der Waals surface area contributed by atoms with Crippen molar-refractivity contribution in [3.05, 3.63) is 0 Å². The lowest BCUT2D eigenvalue weighted by molar-refractivity contribution is -0.130. The van der Waals surface area contributed by atoms with E-state index in [0.717, 1.165) is 38.5 Å². The van der Waals surface area contributed by atoms with Gasteiger partial charge in [0.05, 0.1) is 11.5 Å². The molecule has 5 heteroatoms. The number of amides is 2. The second kappa shape index (κ2) is 6.77. The first-order valence-electron chi connectivity index (χ1n) is 8.21. The topological polar surface area (TPSA) is 69.6 Å². The van der Waals surface area contributed by atoms with Crippen molar-refractivity contribution in [1.82, 2.24) is 10.2 Å². The minimum Gasteiger partial charge on any atom is -0.388 e. The normalized spacial score (nSPS) is 26.0. The number of aliphatic hydroxyl groups is 1. The first kappa shape index (κ1) is 16.3. The Labute approximate surface area is 127 Å². The van der Waals surface area contributed by atoms with E-state index in [1.807, 2.05) is 13.8 Å². The van der Waals surface area contributed by atoms with E-state index in [2.05, 4.69) is 5.32 Å². The van der Waals surface area contributed by atoms with E-state index in [1.54, 1.807) is 4.90 Å². The van der Waals surface area contributed by atoms with Gasteiger partial charge in [0.2, 0.25) is 11.8 Å². The molecule has 0 radical (unpaired) electrons. The molecule has 1 saturated heterocycles. The summed E-state index contributed by atoms with van der Waals surface area (Å²) in [4.78, 5) is 25.8. The van der Waals surface area contributed by atoms with Crippen molar-refractivity contribution in [1.29, 1.82) is 0 Å². The monoisotopic (exact) mass is 296 g/mol. The standard InChI is InChI=1S/C16H28N2O3/c1-12(2)18-10-13(9-14(18)19)15(20)17-11-16(21)7-5-3-4-6-8-16/h12-13,21H,3-11H2,1-2H3,(H,17,20). The minimum absolute atomic E-state index is 0.0540. The lowest BCUT2D eigenvalue weighted by Crippen LogP contribution is -2.45. The lowest BCUT2D eigenvalue weighted by Gasteiger charge is -2.27. The largest absolute Gasteiger partial charge is 0.388 e. The molecule has 1 atom stereocenters. The molecule has 0 spiro atoms. The van der Waals surface area contributed by atoms with Crippen LogP contribution in [0.2, 0.25) is 0 Å². The average Bonchev–Trinajstić information content (AvgIpc) is 2.69. The number of nitrogens with one attached hydrogen (secondary N) is 1. The Hall–Kier alpha value is -1.10. The first-order valence-corrected chi connectivity index (χ1v) is 8.21. The van der Waals surface area contributed by atoms with Gasteiger partial charge >= 0.3 is 0 Å². The molecule has 2 N–H and O–H groups in total. The van der Waals surface area contributed by atoms with Gasteiger partial charge in [-0.25, -0.2) is 0 Å². The SMILES string of the molecule is CC(C)N1CC(C(=O)NCC2(O)CCCCCC2)CC1=O. The predicted molar refractivity (Wildman–Crippen MR) is 80.6 cm³/mol. The summed E-state index contributed by atoms with van der Waals surface area (Å²) in [5.41, 5.74) is -0.757. The van der Waals surface area contributed by atoms with Crippen LogP contribution in [0.5, 0.6) is 0 Å². The summed E-state index contributed by atoms with van der Waals surface area (Å²) < 4.78 is 0. The minimum atomic E-state index is -0.757. The number of hydrogen-bond donors (Lipinski definition) is 2. The van der Waals surface area contributed by atoms with Gasteiger partial charge in [0.15, 0.2) is 0 Å². The van der Waals surface area contributed by atoms with Crippen LogP contribution in [-0.4, -0.2) is 46.6 Å². The van der Waals surface area contributed by atoms with Crippen LogP contribution in [0.3, 0.4) is 0 Å². The summed E-state index contributed by atoms with van der Waals surface area (Å²) >= 11 is 0. The third-order valence-corrected chi connectivity index (χ3v) is 4.78. The molecule has 2 amide bonds. The van der Waals surface area contributed by atoms with Crippen LogP contribution in [0, 0.1) is 5.92 Å². The molecular weight excluding hydrogens is 268 g/mol. The predicted octanol–water partition coefficient (Wildman–Crippen LogP) is 1.44. The van der Waals surface area contributed by atoms with Crippen molar-refractivity contribution in [2.45, 2.75) is 70.4 Å². The van der Waals surface area contributed by atoms with Crippen LogP contribution in [0.15, 0.2) is 0 Å². The fourth-order valence-corrected chi connectivity index (χ4v) is 3.37. The van der Waals surface area contributed by atoms with Crippen molar-refractivity contribution in [3.8, 4) is 0 Å². The summed E-state index contributed by atoms with van der Waals surface area (Å²) in [6.45, 7) is 4.75. The number of carbonyl (C=O) groups is 2. The second-order valence-corrected chi connectivity index (χ2v) is 6.90. The van der Waals surface area contributed by atoms with E-state index >= 15 is 0 Å². The molecule has 1 saturated carbocycles. The average molecular weight is 296 g/mol. The second-order valence-electron chi connectivity index (χ2n) is 6.90. The lowest BCUT2D eigenvalue weighted by atomic mass is 9.94. The molecule has 2 rings (SSSR count). The number of rotatable bonds is 4. The zero-order valence-corrected chi connectivity index (χ0v) is 13.2. The smallest absolute Gasteiger partial charge is 0.225 e. The fraction of sp³-hybridized carbons (Fsp3) is 0.875. The van der Waals surface area contributed by atoms with E-state index in [1.165, 1.54) is 0 Å². The van der Waals surface area contributed by atoms with Gasteiger partial charge < -0.3 is 15.3 Å². The Kier molecular flexibility index (Phi) is 5.25. The van der Waals surface area contributed by atoms with Gasteiger partial charge in [-0.15, -0.1) is 0 Å². The molecule has 1 aliphatic carbocycles. The maximum atomic E-state index is 12.2. The van der Waals surface area contributed by atoms with Crippen molar-refractivity contribution in [2.75, 3.05) is 13.1 Å². The summed E-state index contributed by atoms with van der Waals surface area (Å²) in [6, 6.07) is 0.140. The van der Waals surface area contributed by atoms with E-state index in [4.69, 9.17) is 0 Å². The number of hydrogen-bond acceptors (Lipinski definition) is 3. The maximum absolute atomic E-state index is 12.2. The summed E-state index contributed by atoms with van der Waals surface area (Å²) in [6.07, 6.45) is 6.19. The fourth-order valence-electron chi connectivity index (χ4n) is 3.37. The van der Waals surface area contributed by atoms with E-state index < -0.39 is 5.60 Å². The van der Waals surface area contributed by atoms with Crippen molar-refractivity contribution in [2.24, 2.45) is 5.92 Å². The molecular formula is C16H28N2O3. The molecule has 1 aliphatic heterocycles. The van der Waals surface area contributed by atoms with Gasteiger partial charge in [0, 0.05) is 25.6 Å². The number of carbonyl (C=O) groups excluding carboxylic acids is 2. The Morgan fingerprint density at radius 2 is 1.95 bits per heavy atom. The number of likely N-dealkylation sites (tertiary alicyclic amines) is 1. The molecule has 2 fully saturated rings. The van der Waals surface area contributed by atoms with E-state index in [0.29, 0.717) is 19.5 Å². The quantitative estimate of drug-likeness (QED) is 0.771. The third kappa shape index (κ3) is 4.19. The maximum Gasteiger partial charge on any atom is 0.225 e. The molecule has 0 aromatic carbocycles. The van der Waals surface area contributed by atoms with Crippen LogP contribution < -0.4 is 5.32 Å². The van der Waals surface area contributed by atoms with Crippen LogP contribution in [-0.2, 0) is 9.59 Å². The molecule has 21 heavy (non-hydrogen) atoms. The van der Waals surface area contributed by atoms with E-state index in [-0.39, 0.29) is 23.8 Å². The van der Waals surface area contributed by atoms with Crippen LogP contribution in [0.25, 0.3) is 0 Å². The molecule has 1 heterocycles. The van der Waals surface area contributed by atoms with Crippen molar-refractivity contribution in [3.63, 3.8) is 0 Å². The Morgan fingerprint density at radius 1 is 1.33 bits per heavy atom. The highest BCUT2D eigenvalue weighted by atomic mass is 16.3. The van der Waals surface area contributed by atoms with Crippen molar-refractivity contribution >= 4 is 11.8 Å². The molecule has 1 unspecified atom stereocenters. The Bertz CT molecular complexity index is 387. The van der Waals surface area contributed by atoms with Gasteiger partial charge in [-0.1, -0.05) is 25.7 Å². The molecule has 0 bridgehead atoms. The van der Waals surface area contributed by atoms with Gasteiger partial charge in [0.1, 0.15) is 0 Å². The molecule has 5 nitrogen and oxygen atoms in total. The summed E-state index contributed by atoms with van der Waals surface area (Å²) in [5.74, 6) is -0.309. The van der Waals surface area contributed by atoms with Crippen LogP contribution >= 0.6 is 0 Å². The Morgan fingerprint density at radius 3 is 2.48 bits per heavy atom. The highest BCUT2D eigenvalue weighted by Gasteiger charge is 2.36. The molecule has 120 valence electrons. The molecule has 0 aromatic heterocycles. The molecule has 0 aromatic rings. The highest BCUT2D eigenvalue weighted by Crippen LogP contribution is 2.27. The van der Waals surface area contributed by atoms with Gasteiger partial charge in [-0.05, 0) is 26.7 Å². The van der Waals surface area contributed by atoms with Crippen LogP contribution in [0.1, 0.15) is 58.8 Å².